The molecule has 8 heteroatoms. The Kier molecular flexibility index (Phi) is 3.72. The van der Waals surface area contributed by atoms with E-state index in [-0.39, 0.29) is 28.7 Å². The molecule has 0 amide bonds. The minimum absolute atomic E-state index is 0.0546. The lowest BCUT2D eigenvalue weighted by Gasteiger charge is -2.06. The van der Waals surface area contributed by atoms with Gasteiger partial charge in [-0.1, -0.05) is 23.4 Å². The molecule has 0 aliphatic heterocycles. The zero-order valence-electron chi connectivity index (χ0n) is 13.5. The van der Waals surface area contributed by atoms with Crippen LogP contribution in [0.4, 0.5) is 8.78 Å². The zero-order chi connectivity index (χ0) is 18.3. The molecule has 2 heterocycles. The first kappa shape index (κ1) is 15.9. The van der Waals surface area contributed by atoms with Crippen molar-refractivity contribution < 1.29 is 18.4 Å². The number of aromatic hydroxyl groups is 1. The summed E-state index contributed by atoms with van der Waals surface area (Å²) >= 11 is 0. The predicted molar refractivity (Wildman–Crippen MR) is 88.6 cm³/mol. The van der Waals surface area contributed by atoms with E-state index in [1.165, 1.54) is 10.9 Å². The molecule has 2 aromatic heterocycles. The quantitative estimate of drug-likeness (QED) is 0.604. The number of hydrogen-bond donors (Lipinski definition) is 1. The highest BCUT2D eigenvalue weighted by atomic mass is 19.1. The van der Waals surface area contributed by atoms with Crippen LogP contribution in [0.15, 0.2) is 53.2 Å². The Balaban J connectivity index is 1.75. The molecule has 0 bridgehead atoms. The van der Waals surface area contributed by atoms with Gasteiger partial charge in [-0.3, -0.25) is 0 Å². The molecule has 0 fully saturated rings. The SMILES string of the molecule is Cc1ccccc1-n1ncc(-c2nc(-c3cc(F)ccc3F)no2)c1O. The van der Waals surface area contributed by atoms with Crippen LogP contribution in [-0.4, -0.2) is 25.0 Å². The number of para-hydroxylation sites is 1. The Morgan fingerprint density at radius 2 is 1.88 bits per heavy atom. The highest BCUT2D eigenvalue weighted by Gasteiger charge is 2.21. The van der Waals surface area contributed by atoms with Crippen LogP contribution in [0.25, 0.3) is 28.5 Å². The van der Waals surface area contributed by atoms with Crippen molar-refractivity contribution >= 4 is 0 Å². The van der Waals surface area contributed by atoms with Crippen LogP contribution in [-0.2, 0) is 0 Å². The number of halogens is 2. The van der Waals surface area contributed by atoms with Gasteiger partial charge in [-0.15, -0.1) is 0 Å². The van der Waals surface area contributed by atoms with Crippen molar-refractivity contribution in [1.29, 1.82) is 0 Å². The van der Waals surface area contributed by atoms with Gasteiger partial charge in [0, 0.05) is 0 Å². The maximum absolute atomic E-state index is 13.9. The fourth-order valence-corrected chi connectivity index (χ4v) is 2.58. The molecule has 0 aliphatic carbocycles. The molecule has 0 spiro atoms. The predicted octanol–water partition coefficient (Wildman–Crippen LogP) is 3.88. The highest BCUT2D eigenvalue weighted by molar-refractivity contribution is 5.64. The van der Waals surface area contributed by atoms with Gasteiger partial charge in [0.15, 0.2) is 0 Å². The molecule has 0 atom stereocenters. The van der Waals surface area contributed by atoms with E-state index in [0.717, 1.165) is 23.8 Å². The highest BCUT2D eigenvalue weighted by Crippen LogP contribution is 2.32. The number of hydrogen-bond acceptors (Lipinski definition) is 5. The van der Waals surface area contributed by atoms with E-state index in [1.54, 1.807) is 6.07 Å². The number of nitrogens with zero attached hydrogens (tertiary/aromatic N) is 4. The lowest BCUT2D eigenvalue weighted by atomic mass is 10.2. The minimum atomic E-state index is -0.682. The summed E-state index contributed by atoms with van der Waals surface area (Å²) in [5, 5.41) is 18.3. The molecule has 26 heavy (non-hydrogen) atoms. The maximum Gasteiger partial charge on any atom is 0.265 e. The number of rotatable bonds is 3. The van der Waals surface area contributed by atoms with E-state index in [1.807, 2.05) is 25.1 Å². The molecule has 4 rings (SSSR count). The average Bonchev–Trinajstić information content (AvgIpc) is 3.24. The van der Waals surface area contributed by atoms with Gasteiger partial charge in [0.25, 0.3) is 5.89 Å². The van der Waals surface area contributed by atoms with Crippen LogP contribution in [0, 0.1) is 18.6 Å². The van der Waals surface area contributed by atoms with Crippen molar-refractivity contribution in [1.82, 2.24) is 19.9 Å². The van der Waals surface area contributed by atoms with E-state index in [4.69, 9.17) is 4.52 Å². The normalized spacial score (nSPS) is 11.0. The molecule has 6 nitrogen and oxygen atoms in total. The summed E-state index contributed by atoms with van der Waals surface area (Å²) in [5.41, 5.74) is 1.65. The second-order valence-corrected chi connectivity index (χ2v) is 5.63. The van der Waals surface area contributed by atoms with Crippen LogP contribution in [0.5, 0.6) is 5.88 Å². The summed E-state index contributed by atoms with van der Waals surface area (Å²) in [6, 6.07) is 10.3. The van der Waals surface area contributed by atoms with Crippen LogP contribution in [0.2, 0.25) is 0 Å². The van der Waals surface area contributed by atoms with E-state index in [9.17, 15) is 13.9 Å². The molecule has 0 unspecified atom stereocenters. The monoisotopic (exact) mass is 354 g/mol. The lowest BCUT2D eigenvalue weighted by molar-refractivity contribution is 0.416. The topological polar surface area (TPSA) is 77.0 Å². The van der Waals surface area contributed by atoms with Crippen LogP contribution in [0.1, 0.15) is 5.56 Å². The standard InChI is InChI=1S/C18H12F2N4O2/c1-10-4-2-3-5-15(10)24-18(25)13(9-21-24)17-22-16(23-26-17)12-8-11(19)6-7-14(12)20/h2-9,25H,1H3. The molecule has 1 N–H and O–H groups in total. The van der Waals surface area contributed by atoms with Crippen molar-refractivity contribution in [2.75, 3.05) is 0 Å². The van der Waals surface area contributed by atoms with Crippen molar-refractivity contribution in [2.45, 2.75) is 6.92 Å². The minimum Gasteiger partial charge on any atom is -0.493 e. The first-order chi connectivity index (χ1) is 12.5. The molecule has 130 valence electrons. The second kappa shape index (κ2) is 6.07. The number of aryl methyl sites for hydroxylation is 1. The van der Waals surface area contributed by atoms with E-state index >= 15 is 0 Å². The van der Waals surface area contributed by atoms with Gasteiger partial charge in [-0.05, 0) is 36.8 Å². The summed E-state index contributed by atoms with van der Waals surface area (Å²) in [4.78, 5) is 4.05. The third-order valence-corrected chi connectivity index (χ3v) is 3.91. The molecule has 0 radical (unpaired) electrons. The smallest absolute Gasteiger partial charge is 0.265 e. The lowest BCUT2D eigenvalue weighted by Crippen LogP contribution is -1.97. The maximum atomic E-state index is 13.9. The Morgan fingerprint density at radius 3 is 2.69 bits per heavy atom. The van der Waals surface area contributed by atoms with Gasteiger partial charge in [-0.25, -0.2) is 13.5 Å². The van der Waals surface area contributed by atoms with Crippen molar-refractivity contribution in [3.63, 3.8) is 0 Å². The van der Waals surface area contributed by atoms with E-state index in [2.05, 4.69) is 15.2 Å². The van der Waals surface area contributed by atoms with Crippen LogP contribution >= 0.6 is 0 Å². The van der Waals surface area contributed by atoms with E-state index < -0.39 is 11.6 Å². The molecular weight excluding hydrogens is 342 g/mol. The second-order valence-electron chi connectivity index (χ2n) is 5.63. The molecule has 4 aromatic rings. The van der Waals surface area contributed by atoms with Gasteiger partial charge >= 0.3 is 0 Å². The molecule has 2 aromatic carbocycles. The van der Waals surface area contributed by atoms with Gasteiger partial charge in [0.05, 0.1) is 17.4 Å². The summed E-state index contributed by atoms with van der Waals surface area (Å²) < 4.78 is 33.6. The summed E-state index contributed by atoms with van der Waals surface area (Å²) in [7, 11) is 0. The van der Waals surface area contributed by atoms with Crippen LogP contribution in [0.3, 0.4) is 0 Å². The largest absolute Gasteiger partial charge is 0.493 e. The van der Waals surface area contributed by atoms with Gasteiger partial charge in [0.2, 0.25) is 11.7 Å². The Labute approximate surface area is 146 Å². The first-order valence-electron chi connectivity index (χ1n) is 7.67. The number of aromatic nitrogens is 4. The summed E-state index contributed by atoms with van der Waals surface area (Å²) in [5.74, 6) is -1.68. The third-order valence-electron chi connectivity index (χ3n) is 3.91. The van der Waals surface area contributed by atoms with Crippen molar-refractivity contribution in [2.24, 2.45) is 0 Å². The fourth-order valence-electron chi connectivity index (χ4n) is 2.58. The Morgan fingerprint density at radius 1 is 1.08 bits per heavy atom. The summed E-state index contributed by atoms with van der Waals surface area (Å²) in [6.45, 7) is 1.88. The average molecular weight is 354 g/mol. The van der Waals surface area contributed by atoms with Crippen molar-refractivity contribution in [3.05, 3.63) is 65.9 Å². The van der Waals surface area contributed by atoms with Crippen LogP contribution < -0.4 is 0 Å². The molecule has 0 saturated heterocycles. The van der Waals surface area contributed by atoms with Crippen molar-refractivity contribution in [3.8, 4) is 34.4 Å². The Bertz CT molecular complexity index is 1100. The number of benzene rings is 2. The molecular formula is C18H12F2N4O2. The molecule has 0 saturated carbocycles. The molecule has 0 aliphatic rings. The summed E-state index contributed by atoms with van der Waals surface area (Å²) in [6.07, 6.45) is 1.36. The first-order valence-corrected chi connectivity index (χ1v) is 7.67. The van der Waals surface area contributed by atoms with Gasteiger partial charge in [-0.2, -0.15) is 10.1 Å². The Hall–Kier alpha value is -3.55. The third kappa shape index (κ3) is 2.61. The fraction of sp³-hybridized carbons (Fsp3) is 0.0556. The van der Waals surface area contributed by atoms with E-state index in [0.29, 0.717) is 5.69 Å². The van der Waals surface area contributed by atoms with Gasteiger partial charge < -0.3 is 9.63 Å². The van der Waals surface area contributed by atoms with Gasteiger partial charge in [0.1, 0.15) is 17.2 Å². The zero-order valence-corrected chi connectivity index (χ0v) is 13.5.